The average molecular weight is 362 g/mol. The van der Waals surface area contributed by atoms with Gasteiger partial charge in [-0.1, -0.05) is 42.5 Å². The van der Waals surface area contributed by atoms with E-state index in [0.717, 1.165) is 28.1 Å². The molecule has 1 aliphatic heterocycles. The van der Waals surface area contributed by atoms with E-state index in [0.29, 0.717) is 12.2 Å². The highest BCUT2D eigenvalue weighted by Crippen LogP contribution is 2.42. The van der Waals surface area contributed by atoms with Crippen LogP contribution in [0.15, 0.2) is 54.6 Å². The van der Waals surface area contributed by atoms with Gasteiger partial charge in [-0.05, 0) is 24.6 Å². The lowest BCUT2D eigenvalue weighted by Gasteiger charge is -2.28. The third-order valence-corrected chi connectivity index (χ3v) is 4.83. The number of rotatable bonds is 5. The molecule has 3 N–H and O–H groups in total. The first-order valence-electron chi connectivity index (χ1n) is 8.94. The van der Waals surface area contributed by atoms with E-state index in [1.54, 1.807) is 7.11 Å². The zero-order valence-corrected chi connectivity index (χ0v) is 15.3. The molecule has 0 spiro atoms. The number of carbonyl (C=O) groups is 1. The molecule has 0 bridgehead atoms. The number of H-pyrrole nitrogens is 1. The van der Waals surface area contributed by atoms with Crippen LogP contribution in [-0.2, 0) is 0 Å². The van der Waals surface area contributed by atoms with Gasteiger partial charge in [0, 0.05) is 23.7 Å². The number of aromatic nitrogens is 2. The Labute approximate surface area is 158 Å². The van der Waals surface area contributed by atoms with Gasteiger partial charge in [0.2, 0.25) is 0 Å². The number of benzene rings is 2. The second-order valence-corrected chi connectivity index (χ2v) is 6.84. The van der Waals surface area contributed by atoms with Crippen LogP contribution in [0.3, 0.4) is 0 Å². The minimum Gasteiger partial charge on any atom is -0.497 e. The summed E-state index contributed by atoms with van der Waals surface area (Å²) < 4.78 is 5.27. The van der Waals surface area contributed by atoms with E-state index in [1.165, 1.54) is 0 Å². The number of nitrogens with one attached hydrogen (secondary N) is 1. The number of hydrogen-bond acceptors (Lipinski definition) is 4. The first-order chi connectivity index (χ1) is 13.1. The summed E-state index contributed by atoms with van der Waals surface area (Å²) in [5.41, 5.74) is 10.2. The third-order valence-electron chi connectivity index (χ3n) is 4.83. The van der Waals surface area contributed by atoms with Gasteiger partial charge in [-0.25, -0.2) is 0 Å². The van der Waals surface area contributed by atoms with Crippen LogP contribution in [0.1, 0.15) is 34.6 Å². The lowest BCUT2D eigenvalue weighted by atomic mass is 9.96. The summed E-state index contributed by atoms with van der Waals surface area (Å²) in [5, 5.41) is 7.41. The summed E-state index contributed by atoms with van der Waals surface area (Å²) >= 11 is 0. The minimum atomic E-state index is -0.238. The van der Waals surface area contributed by atoms with Gasteiger partial charge in [0.05, 0.1) is 18.8 Å². The average Bonchev–Trinajstić information content (AvgIpc) is 3.22. The molecule has 2 heterocycles. The Morgan fingerprint density at radius 3 is 2.52 bits per heavy atom. The molecule has 2 unspecified atom stereocenters. The fourth-order valence-electron chi connectivity index (χ4n) is 3.64. The quantitative estimate of drug-likeness (QED) is 0.731. The first kappa shape index (κ1) is 17.3. The van der Waals surface area contributed by atoms with E-state index in [-0.39, 0.29) is 18.0 Å². The van der Waals surface area contributed by atoms with Gasteiger partial charge in [-0.3, -0.25) is 9.89 Å². The third kappa shape index (κ3) is 2.98. The molecule has 0 radical (unpaired) electrons. The molecule has 0 saturated carbocycles. The highest BCUT2D eigenvalue weighted by Gasteiger charge is 2.42. The van der Waals surface area contributed by atoms with Crippen molar-refractivity contribution in [1.82, 2.24) is 15.1 Å². The summed E-state index contributed by atoms with van der Waals surface area (Å²) in [6.45, 7) is 2.37. The van der Waals surface area contributed by atoms with Gasteiger partial charge in [-0.15, -0.1) is 0 Å². The maximum Gasteiger partial charge on any atom is 0.273 e. The lowest BCUT2D eigenvalue weighted by Crippen LogP contribution is -2.38. The standard InChI is InChI=1S/C21H22N4O2/c1-13(22)12-25-20(15-8-10-16(27-2)11-9-15)17-18(14-6-4-3-5-7-14)23-24-19(17)21(25)26/h3-11,13,20H,12,22H2,1-2H3,(H,23,24). The normalized spacial score (nSPS) is 17.1. The Kier molecular flexibility index (Phi) is 4.41. The number of methoxy groups -OCH3 is 1. The lowest BCUT2D eigenvalue weighted by molar-refractivity contribution is 0.0735. The highest BCUT2D eigenvalue weighted by atomic mass is 16.5. The molecule has 1 aliphatic rings. The van der Waals surface area contributed by atoms with Crippen molar-refractivity contribution in [2.24, 2.45) is 5.73 Å². The van der Waals surface area contributed by atoms with Gasteiger partial charge in [-0.2, -0.15) is 5.10 Å². The number of fused-ring (bicyclic) bond motifs is 1. The molecule has 2 aromatic carbocycles. The van der Waals surface area contributed by atoms with Gasteiger partial charge < -0.3 is 15.4 Å². The molecular formula is C21H22N4O2. The van der Waals surface area contributed by atoms with Crippen molar-refractivity contribution in [3.63, 3.8) is 0 Å². The van der Waals surface area contributed by atoms with E-state index in [2.05, 4.69) is 10.2 Å². The molecule has 0 fully saturated rings. The fourth-order valence-corrected chi connectivity index (χ4v) is 3.64. The summed E-state index contributed by atoms with van der Waals surface area (Å²) in [5.74, 6) is 0.704. The van der Waals surface area contributed by atoms with Crippen molar-refractivity contribution >= 4 is 5.91 Å². The van der Waals surface area contributed by atoms with Gasteiger partial charge in [0.25, 0.3) is 5.91 Å². The highest BCUT2D eigenvalue weighted by molar-refractivity contribution is 6.00. The van der Waals surface area contributed by atoms with Crippen molar-refractivity contribution in [3.05, 3.63) is 71.4 Å². The fraction of sp³-hybridized carbons (Fsp3) is 0.238. The minimum absolute atomic E-state index is 0.0715. The van der Waals surface area contributed by atoms with Gasteiger partial charge in [0.15, 0.2) is 0 Å². The zero-order chi connectivity index (χ0) is 19.0. The molecule has 4 rings (SSSR count). The van der Waals surface area contributed by atoms with Crippen molar-refractivity contribution in [3.8, 4) is 17.0 Å². The summed E-state index contributed by atoms with van der Waals surface area (Å²) in [4.78, 5) is 14.9. The van der Waals surface area contributed by atoms with Crippen molar-refractivity contribution in [1.29, 1.82) is 0 Å². The van der Waals surface area contributed by atoms with E-state index in [1.807, 2.05) is 66.4 Å². The molecule has 0 aliphatic carbocycles. The summed E-state index contributed by atoms with van der Waals surface area (Å²) in [6, 6.07) is 17.3. The Morgan fingerprint density at radius 1 is 1.19 bits per heavy atom. The molecule has 138 valence electrons. The summed E-state index contributed by atoms with van der Waals surface area (Å²) in [6.07, 6.45) is 0. The Bertz CT molecular complexity index is 948. The number of aromatic amines is 1. The number of carbonyl (C=O) groups excluding carboxylic acids is 1. The maximum absolute atomic E-state index is 13.1. The number of hydrogen-bond donors (Lipinski definition) is 2. The van der Waals surface area contributed by atoms with Crippen LogP contribution in [0.4, 0.5) is 0 Å². The second-order valence-electron chi connectivity index (χ2n) is 6.84. The molecule has 1 aromatic heterocycles. The molecule has 6 nitrogen and oxygen atoms in total. The Balaban J connectivity index is 1.86. The van der Waals surface area contributed by atoms with Crippen LogP contribution in [0.25, 0.3) is 11.3 Å². The van der Waals surface area contributed by atoms with Crippen molar-refractivity contribution < 1.29 is 9.53 Å². The van der Waals surface area contributed by atoms with Crippen LogP contribution in [0, 0.1) is 0 Å². The Morgan fingerprint density at radius 2 is 1.89 bits per heavy atom. The van der Waals surface area contributed by atoms with Crippen LogP contribution in [-0.4, -0.2) is 40.7 Å². The van der Waals surface area contributed by atoms with E-state index in [9.17, 15) is 4.79 Å². The first-order valence-corrected chi connectivity index (χ1v) is 8.94. The Hall–Kier alpha value is -3.12. The summed E-state index contributed by atoms with van der Waals surface area (Å²) in [7, 11) is 1.64. The topological polar surface area (TPSA) is 84.2 Å². The molecule has 27 heavy (non-hydrogen) atoms. The molecule has 3 aromatic rings. The van der Waals surface area contributed by atoms with Crippen LogP contribution >= 0.6 is 0 Å². The van der Waals surface area contributed by atoms with Gasteiger partial charge in [0.1, 0.15) is 11.4 Å². The van der Waals surface area contributed by atoms with Crippen LogP contribution < -0.4 is 10.5 Å². The molecule has 2 atom stereocenters. The predicted octanol–water partition coefficient (Wildman–Crippen LogP) is 2.98. The largest absolute Gasteiger partial charge is 0.497 e. The molecular weight excluding hydrogens is 340 g/mol. The zero-order valence-electron chi connectivity index (χ0n) is 15.3. The number of nitrogens with two attached hydrogens (primary N) is 1. The predicted molar refractivity (Wildman–Crippen MR) is 104 cm³/mol. The smallest absolute Gasteiger partial charge is 0.273 e. The molecule has 6 heteroatoms. The van der Waals surface area contributed by atoms with Gasteiger partial charge >= 0.3 is 0 Å². The molecule has 1 amide bonds. The van der Waals surface area contributed by atoms with Crippen molar-refractivity contribution in [2.75, 3.05) is 13.7 Å². The van der Waals surface area contributed by atoms with Crippen LogP contribution in [0.5, 0.6) is 5.75 Å². The van der Waals surface area contributed by atoms with E-state index >= 15 is 0 Å². The van der Waals surface area contributed by atoms with Crippen LogP contribution in [0.2, 0.25) is 0 Å². The van der Waals surface area contributed by atoms with E-state index in [4.69, 9.17) is 10.5 Å². The number of nitrogens with zero attached hydrogens (tertiary/aromatic N) is 2. The van der Waals surface area contributed by atoms with E-state index < -0.39 is 0 Å². The maximum atomic E-state index is 13.1. The monoisotopic (exact) mass is 362 g/mol. The second kappa shape index (κ2) is 6.89. The van der Waals surface area contributed by atoms with Crippen molar-refractivity contribution in [2.45, 2.75) is 19.0 Å². The number of ether oxygens (including phenoxy) is 1. The number of amides is 1. The SMILES string of the molecule is COc1ccc(C2c3c(-c4ccccc4)n[nH]c3C(=O)N2CC(C)N)cc1. The molecule has 0 saturated heterocycles.